The number of aromatic nitrogens is 1. The van der Waals surface area contributed by atoms with Crippen LogP contribution in [-0.2, 0) is 4.84 Å². The van der Waals surface area contributed by atoms with Crippen molar-refractivity contribution in [3.63, 3.8) is 0 Å². The first-order valence-corrected chi connectivity index (χ1v) is 10.7. The average Bonchev–Trinajstić information content (AvgIpc) is 3.27. The van der Waals surface area contributed by atoms with Crippen LogP contribution < -0.4 is 0 Å². The Hall–Kier alpha value is -2.72. The lowest BCUT2D eigenvalue weighted by Crippen LogP contribution is -2.32. The summed E-state index contributed by atoms with van der Waals surface area (Å²) in [6.45, 7) is 1.72. The third-order valence-electron chi connectivity index (χ3n) is 5.08. The van der Waals surface area contributed by atoms with E-state index in [9.17, 15) is 5.11 Å². The predicted octanol–water partition coefficient (Wildman–Crippen LogP) is 2.78. The van der Waals surface area contributed by atoms with E-state index in [1.807, 2.05) is 47.4 Å². The molecule has 4 rings (SSSR count). The number of aromatic amines is 1. The Morgan fingerprint density at radius 1 is 1.06 bits per heavy atom. The lowest BCUT2D eigenvalue weighted by atomic mass is 10.0. The van der Waals surface area contributed by atoms with Gasteiger partial charge in [0.05, 0.1) is 30.0 Å². The average molecular weight is 487 g/mol. The van der Waals surface area contributed by atoms with Crippen LogP contribution in [0, 0.1) is 0 Å². The number of nitrogens with one attached hydrogen (secondary N) is 1. The molecule has 0 amide bonds. The van der Waals surface area contributed by atoms with E-state index in [0.717, 1.165) is 26.6 Å². The summed E-state index contributed by atoms with van der Waals surface area (Å²) in [7, 11) is 0. The largest absolute Gasteiger partial charge is 0.494 e. The van der Waals surface area contributed by atoms with Crippen LogP contribution in [0.15, 0.2) is 57.1 Å². The van der Waals surface area contributed by atoms with Crippen molar-refractivity contribution in [3.05, 3.63) is 58.1 Å². The topological polar surface area (TPSA) is 114 Å². The minimum absolute atomic E-state index is 0.00859. The Labute approximate surface area is 187 Å². The van der Waals surface area contributed by atoms with Gasteiger partial charge in [-0.1, -0.05) is 45.4 Å². The minimum Gasteiger partial charge on any atom is -0.494 e. The Bertz CT molecular complexity index is 1140. The number of rotatable bonds is 9. The number of aliphatic imine (C=N–C) groups is 1. The van der Waals surface area contributed by atoms with Gasteiger partial charge in [-0.25, -0.2) is 4.99 Å². The van der Waals surface area contributed by atoms with Crippen molar-refractivity contribution in [2.45, 2.75) is 0 Å². The maximum Gasteiger partial charge on any atom is 0.199 e. The van der Waals surface area contributed by atoms with Crippen LogP contribution in [0.4, 0.5) is 5.69 Å². The van der Waals surface area contributed by atoms with E-state index in [1.165, 1.54) is 0 Å². The fourth-order valence-corrected chi connectivity index (χ4v) is 3.99. The maximum atomic E-state index is 10.6. The zero-order valence-corrected chi connectivity index (χ0v) is 18.3. The fourth-order valence-electron chi connectivity index (χ4n) is 3.63. The molecule has 0 atom stereocenters. The molecule has 2 aromatic carbocycles. The lowest BCUT2D eigenvalue weighted by Gasteiger charge is -2.18. The van der Waals surface area contributed by atoms with E-state index >= 15 is 0 Å². The Kier molecular flexibility index (Phi) is 6.67. The molecular weight excluding hydrogens is 464 g/mol. The SMILES string of the molecule is OCCN(CCO)CCO/N=C1\C(c2c(O)[nH]c3cc(Br)ccc23)=Nc2ccccc21. The smallest absolute Gasteiger partial charge is 0.199 e. The molecule has 1 aliphatic rings. The summed E-state index contributed by atoms with van der Waals surface area (Å²) in [5.74, 6) is 0.0180. The molecule has 9 heteroatoms. The van der Waals surface area contributed by atoms with Gasteiger partial charge in [0.1, 0.15) is 18.0 Å². The number of para-hydroxylation sites is 1. The van der Waals surface area contributed by atoms with Crippen LogP contribution in [0.1, 0.15) is 11.1 Å². The van der Waals surface area contributed by atoms with E-state index in [2.05, 4.69) is 26.1 Å². The highest BCUT2D eigenvalue weighted by Gasteiger charge is 2.29. The maximum absolute atomic E-state index is 10.6. The van der Waals surface area contributed by atoms with Gasteiger partial charge in [0.25, 0.3) is 0 Å². The first-order valence-electron chi connectivity index (χ1n) is 9.95. The van der Waals surface area contributed by atoms with Crippen LogP contribution in [0.2, 0.25) is 0 Å². The molecule has 1 aromatic heterocycles. The molecule has 4 N–H and O–H groups in total. The number of hydrogen-bond acceptors (Lipinski definition) is 7. The van der Waals surface area contributed by atoms with Crippen molar-refractivity contribution in [2.24, 2.45) is 10.1 Å². The van der Waals surface area contributed by atoms with Crippen molar-refractivity contribution in [2.75, 3.05) is 39.5 Å². The zero-order chi connectivity index (χ0) is 21.8. The van der Waals surface area contributed by atoms with Gasteiger partial charge in [0.15, 0.2) is 5.88 Å². The molecule has 1 aliphatic heterocycles. The number of benzene rings is 2. The van der Waals surface area contributed by atoms with Gasteiger partial charge >= 0.3 is 0 Å². The van der Waals surface area contributed by atoms with Crippen molar-refractivity contribution in [3.8, 4) is 5.88 Å². The minimum atomic E-state index is 0.00859. The molecular formula is C22H23BrN4O4. The van der Waals surface area contributed by atoms with Crippen LogP contribution in [0.3, 0.4) is 0 Å². The number of fused-ring (bicyclic) bond motifs is 2. The third-order valence-corrected chi connectivity index (χ3v) is 5.57. The normalized spacial score (nSPS) is 14.5. The standard InChI is InChI=1S/C22H23BrN4O4/c23-14-5-6-15-18(13-14)25-22(30)19(15)21-20(16-3-1-2-4-17(16)24-21)26-31-12-9-27(7-10-28)8-11-29/h1-6,13,25,28-30H,7-12H2/b26-20-. The molecule has 0 fully saturated rings. The number of H-pyrrole nitrogens is 1. The van der Waals surface area contributed by atoms with Crippen LogP contribution in [-0.4, -0.2) is 76.1 Å². The fraction of sp³-hybridized carbons (Fsp3) is 0.273. The van der Waals surface area contributed by atoms with Gasteiger partial charge in [-0.05, 0) is 18.2 Å². The van der Waals surface area contributed by atoms with E-state index in [1.54, 1.807) is 0 Å². The molecule has 162 valence electrons. The molecule has 0 unspecified atom stereocenters. The van der Waals surface area contributed by atoms with Crippen molar-refractivity contribution in [1.82, 2.24) is 9.88 Å². The summed E-state index contributed by atoms with van der Waals surface area (Å²) in [6.07, 6.45) is 0. The molecule has 0 spiro atoms. The van der Waals surface area contributed by atoms with E-state index < -0.39 is 0 Å². The third kappa shape index (κ3) is 4.49. The quantitative estimate of drug-likeness (QED) is 0.274. The van der Waals surface area contributed by atoms with Gasteiger partial charge in [0, 0.05) is 35.1 Å². The summed E-state index contributed by atoms with van der Waals surface area (Å²) in [6, 6.07) is 13.3. The van der Waals surface area contributed by atoms with E-state index in [-0.39, 0.29) is 25.7 Å². The first-order chi connectivity index (χ1) is 15.1. The summed E-state index contributed by atoms with van der Waals surface area (Å²) < 4.78 is 0.900. The second-order valence-electron chi connectivity index (χ2n) is 7.08. The highest BCUT2D eigenvalue weighted by molar-refractivity contribution is 9.10. The molecule has 8 nitrogen and oxygen atoms in total. The van der Waals surface area contributed by atoms with Gasteiger partial charge in [-0.15, -0.1) is 0 Å². The number of nitrogens with zero attached hydrogens (tertiary/aromatic N) is 3. The van der Waals surface area contributed by atoms with Crippen molar-refractivity contribution < 1.29 is 20.2 Å². The summed E-state index contributed by atoms with van der Waals surface area (Å²) in [5.41, 5.74) is 4.02. The summed E-state index contributed by atoms with van der Waals surface area (Å²) >= 11 is 3.45. The highest BCUT2D eigenvalue weighted by atomic mass is 79.9. The number of aliphatic hydroxyl groups excluding tert-OH is 2. The first kappa shape index (κ1) is 21.5. The highest BCUT2D eigenvalue weighted by Crippen LogP contribution is 2.36. The Balaban J connectivity index is 1.64. The van der Waals surface area contributed by atoms with E-state index in [4.69, 9.17) is 20.0 Å². The number of aromatic hydroxyl groups is 1. The van der Waals surface area contributed by atoms with Gasteiger partial charge in [0.2, 0.25) is 0 Å². The number of aliphatic hydroxyl groups is 2. The number of oxime groups is 1. The molecule has 0 bridgehead atoms. The number of hydrogen-bond donors (Lipinski definition) is 4. The molecule has 2 heterocycles. The van der Waals surface area contributed by atoms with Gasteiger partial charge in [-0.2, -0.15) is 0 Å². The summed E-state index contributed by atoms with van der Waals surface area (Å²) in [5, 5.41) is 34.1. The second kappa shape index (κ2) is 9.61. The Morgan fingerprint density at radius 3 is 2.61 bits per heavy atom. The predicted molar refractivity (Wildman–Crippen MR) is 123 cm³/mol. The van der Waals surface area contributed by atoms with Crippen molar-refractivity contribution in [1.29, 1.82) is 0 Å². The zero-order valence-electron chi connectivity index (χ0n) is 16.8. The number of halogens is 1. The molecule has 0 radical (unpaired) electrons. The van der Waals surface area contributed by atoms with Crippen LogP contribution >= 0.6 is 15.9 Å². The van der Waals surface area contributed by atoms with Crippen LogP contribution in [0.25, 0.3) is 10.9 Å². The summed E-state index contributed by atoms with van der Waals surface area (Å²) in [4.78, 5) is 15.2. The molecule has 3 aromatic rings. The van der Waals surface area contributed by atoms with Crippen molar-refractivity contribution >= 4 is 43.9 Å². The van der Waals surface area contributed by atoms with Gasteiger partial charge < -0.3 is 25.1 Å². The Morgan fingerprint density at radius 2 is 1.84 bits per heavy atom. The van der Waals surface area contributed by atoms with E-state index in [0.29, 0.717) is 36.6 Å². The van der Waals surface area contributed by atoms with Gasteiger partial charge in [-0.3, -0.25) is 4.90 Å². The molecule has 0 saturated heterocycles. The molecule has 0 aliphatic carbocycles. The lowest BCUT2D eigenvalue weighted by molar-refractivity contribution is 0.0919. The molecule has 31 heavy (non-hydrogen) atoms. The monoisotopic (exact) mass is 486 g/mol. The van der Waals surface area contributed by atoms with Crippen LogP contribution in [0.5, 0.6) is 5.88 Å². The molecule has 0 saturated carbocycles. The second-order valence-corrected chi connectivity index (χ2v) is 7.99.